The molecule has 0 aromatic rings. The highest BCUT2D eigenvalue weighted by molar-refractivity contribution is 6.19. The molecule has 0 spiro atoms. The number of rotatable bonds is 0. The molecule has 2 fully saturated rings. The van der Waals surface area contributed by atoms with Gasteiger partial charge in [-0.2, -0.15) is 0 Å². The molecule has 3 heteroatoms. The smallest absolute Gasteiger partial charge is 0.409 e. The molecule has 2 unspecified atom stereocenters. The van der Waals surface area contributed by atoms with Gasteiger partial charge < -0.3 is 9.31 Å². The first-order valence-corrected chi connectivity index (χ1v) is 3.70. The first-order valence-electron chi connectivity index (χ1n) is 3.70. The van der Waals surface area contributed by atoms with Gasteiger partial charge in [-0.15, -0.1) is 0 Å². The summed E-state index contributed by atoms with van der Waals surface area (Å²) >= 11 is 0. The summed E-state index contributed by atoms with van der Waals surface area (Å²) in [6.07, 6.45) is 5.96. The van der Waals surface area contributed by atoms with Crippen LogP contribution in [0.1, 0.15) is 25.7 Å². The van der Waals surface area contributed by atoms with Crippen LogP contribution in [0.5, 0.6) is 0 Å². The summed E-state index contributed by atoms with van der Waals surface area (Å²) in [7, 11) is 0.537. The molecular weight excluding hydrogens is 115 g/mol. The summed E-state index contributed by atoms with van der Waals surface area (Å²) in [5.41, 5.74) is 0. The SMILES string of the molecule is B1OC2CCCCC2O1. The molecule has 0 aromatic carbocycles. The molecule has 50 valence electrons. The first-order chi connectivity index (χ1) is 4.47. The molecule has 0 aromatic heterocycles. The van der Waals surface area contributed by atoms with E-state index in [0.717, 1.165) is 0 Å². The molecule has 0 amide bonds. The van der Waals surface area contributed by atoms with E-state index >= 15 is 0 Å². The van der Waals surface area contributed by atoms with Gasteiger partial charge in [0.1, 0.15) is 0 Å². The zero-order chi connectivity index (χ0) is 6.10. The normalized spacial score (nSPS) is 41.8. The third-order valence-electron chi connectivity index (χ3n) is 2.21. The minimum Gasteiger partial charge on any atom is -0.409 e. The molecule has 1 aliphatic carbocycles. The van der Waals surface area contributed by atoms with Crippen molar-refractivity contribution in [3.05, 3.63) is 0 Å². The van der Waals surface area contributed by atoms with Crippen LogP contribution in [0, 0.1) is 0 Å². The van der Waals surface area contributed by atoms with E-state index in [-0.39, 0.29) is 0 Å². The van der Waals surface area contributed by atoms with Gasteiger partial charge >= 0.3 is 7.69 Å². The fourth-order valence-corrected chi connectivity index (χ4v) is 1.66. The van der Waals surface area contributed by atoms with E-state index in [1.165, 1.54) is 25.7 Å². The zero-order valence-corrected chi connectivity index (χ0v) is 5.51. The second-order valence-corrected chi connectivity index (χ2v) is 2.81. The van der Waals surface area contributed by atoms with Gasteiger partial charge in [0.15, 0.2) is 0 Å². The van der Waals surface area contributed by atoms with Crippen molar-refractivity contribution in [2.45, 2.75) is 37.9 Å². The Morgan fingerprint density at radius 1 is 1.00 bits per heavy atom. The number of hydrogen-bond acceptors (Lipinski definition) is 2. The van der Waals surface area contributed by atoms with Gasteiger partial charge in [0.2, 0.25) is 0 Å². The maximum Gasteiger partial charge on any atom is 0.438 e. The monoisotopic (exact) mass is 126 g/mol. The quantitative estimate of drug-likeness (QED) is 0.442. The van der Waals surface area contributed by atoms with Gasteiger partial charge in [-0.3, -0.25) is 0 Å². The second-order valence-electron chi connectivity index (χ2n) is 2.81. The largest absolute Gasteiger partial charge is 0.438 e. The molecule has 1 saturated heterocycles. The van der Waals surface area contributed by atoms with E-state index in [1.807, 2.05) is 0 Å². The second kappa shape index (κ2) is 2.31. The average Bonchev–Trinajstić information content (AvgIpc) is 2.33. The third-order valence-corrected chi connectivity index (χ3v) is 2.21. The van der Waals surface area contributed by atoms with Crippen molar-refractivity contribution in [2.75, 3.05) is 0 Å². The summed E-state index contributed by atoms with van der Waals surface area (Å²) in [5.74, 6) is 0. The highest BCUT2D eigenvalue weighted by atomic mass is 16.6. The third kappa shape index (κ3) is 0.991. The summed E-state index contributed by atoms with van der Waals surface area (Å²) < 4.78 is 10.7. The summed E-state index contributed by atoms with van der Waals surface area (Å²) in [4.78, 5) is 0. The van der Waals surface area contributed by atoms with Crippen LogP contribution in [0.2, 0.25) is 0 Å². The lowest BCUT2D eigenvalue weighted by molar-refractivity contribution is 0.110. The van der Waals surface area contributed by atoms with Gasteiger partial charge in [-0.25, -0.2) is 0 Å². The topological polar surface area (TPSA) is 18.5 Å². The Hall–Kier alpha value is -0.0151. The fourth-order valence-electron chi connectivity index (χ4n) is 1.66. The van der Waals surface area contributed by atoms with E-state index in [9.17, 15) is 0 Å². The van der Waals surface area contributed by atoms with E-state index in [0.29, 0.717) is 19.9 Å². The highest BCUT2D eigenvalue weighted by Crippen LogP contribution is 2.26. The summed E-state index contributed by atoms with van der Waals surface area (Å²) in [5, 5.41) is 0. The minimum atomic E-state index is 0.443. The highest BCUT2D eigenvalue weighted by Gasteiger charge is 2.31. The summed E-state index contributed by atoms with van der Waals surface area (Å²) in [6, 6.07) is 0. The lowest BCUT2D eigenvalue weighted by Crippen LogP contribution is -2.25. The number of fused-ring (bicyclic) bond motifs is 1. The Labute approximate surface area is 55.8 Å². The van der Waals surface area contributed by atoms with Gasteiger partial charge in [0, 0.05) is 0 Å². The van der Waals surface area contributed by atoms with Crippen molar-refractivity contribution in [3.63, 3.8) is 0 Å². The van der Waals surface area contributed by atoms with E-state index in [2.05, 4.69) is 0 Å². The van der Waals surface area contributed by atoms with Gasteiger partial charge in [0.05, 0.1) is 12.2 Å². The molecule has 1 aliphatic heterocycles. The molecule has 1 heterocycles. The molecule has 1 saturated carbocycles. The van der Waals surface area contributed by atoms with Crippen LogP contribution in [-0.4, -0.2) is 19.9 Å². The van der Waals surface area contributed by atoms with Crippen molar-refractivity contribution < 1.29 is 9.31 Å². The Kier molecular flexibility index (Phi) is 1.48. The van der Waals surface area contributed by atoms with E-state index in [1.54, 1.807) is 0 Å². The maximum absolute atomic E-state index is 5.33. The standard InChI is InChI=1S/C6H11BO2/c1-2-4-6-5(3-1)8-7-9-6/h5-7H,1-4H2. The van der Waals surface area contributed by atoms with Crippen LogP contribution in [0.3, 0.4) is 0 Å². The molecular formula is C6H11BO2. The van der Waals surface area contributed by atoms with Crippen LogP contribution < -0.4 is 0 Å². The van der Waals surface area contributed by atoms with Crippen LogP contribution in [0.4, 0.5) is 0 Å². The zero-order valence-electron chi connectivity index (χ0n) is 5.51. The molecule has 0 bridgehead atoms. The van der Waals surface area contributed by atoms with Gasteiger partial charge in [0.25, 0.3) is 0 Å². The van der Waals surface area contributed by atoms with Gasteiger partial charge in [-0.1, -0.05) is 12.8 Å². The molecule has 2 rings (SSSR count). The first kappa shape index (κ1) is 5.75. The lowest BCUT2D eigenvalue weighted by atomic mass is 9.95. The predicted molar refractivity (Wildman–Crippen MR) is 35.4 cm³/mol. The molecule has 2 nitrogen and oxygen atoms in total. The van der Waals surface area contributed by atoms with Crippen molar-refractivity contribution in [3.8, 4) is 0 Å². The van der Waals surface area contributed by atoms with Crippen molar-refractivity contribution >= 4 is 7.69 Å². The molecule has 2 atom stereocenters. The minimum absolute atomic E-state index is 0.443. The van der Waals surface area contributed by atoms with Gasteiger partial charge in [-0.05, 0) is 12.8 Å². The van der Waals surface area contributed by atoms with Crippen LogP contribution in [-0.2, 0) is 9.31 Å². The Morgan fingerprint density at radius 2 is 1.56 bits per heavy atom. The molecule has 2 aliphatic rings. The van der Waals surface area contributed by atoms with E-state index in [4.69, 9.17) is 9.31 Å². The van der Waals surface area contributed by atoms with Crippen LogP contribution in [0.15, 0.2) is 0 Å². The average molecular weight is 126 g/mol. The van der Waals surface area contributed by atoms with Crippen LogP contribution in [0.25, 0.3) is 0 Å². The molecule has 0 radical (unpaired) electrons. The number of hydrogen-bond donors (Lipinski definition) is 0. The Morgan fingerprint density at radius 3 is 2.11 bits per heavy atom. The molecule has 9 heavy (non-hydrogen) atoms. The predicted octanol–water partition coefficient (Wildman–Crippen LogP) is 0.611. The van der Waals surface area contributed by atoms with Crippen molar-refractivity contribution in [1.82, 2.24) is 0 Å². The Balaban J connectivity index is 1.97. The maximum atomic E-state index is 5.33. The van der Waals surface area contributed by atoms with E-state index < -0.39 is 0 Å². The fraction of sp³-hybridized carbons (Fsp3) is 1.00. The van der Waals surface area contributed by atoms with Crippen molar-refractivity contribution in [2.24, 2.45) is 0 Å². The van der Waals surface area contributed by atoms with Crippen molar-refractivity contribution in [1.29, 1.82) is 0 Å². The summed E-state index contributed by atoms with van der Waals surface area (Å²) in [6.45, 7) is 0. The Bertz CT molecular complexity index is 95.2. The molecule has 0 N–H and O–H groups in total. The lowest BCUT2D eigenvalue weighted by Gasteiger charge is -2.22. The van der Waals surface area contributed by atoms with Crippen LogP contribution >= 0.6 is 0 Å².